The highest BCUT2D eigenvalue weighted by molar-refractivity contribution is 5.97. The van der Waals surface area contributed by atoms with Crippen LogP contribution in [-0.2, 0) is 4.74 Å². The molecule has 2 bridgehead atoms. The standard InChI is InChI=1S/C22H23N2O5/c25-20(16-6-8-19(9-7-16)23(27)28)14-24-12-10-17(11-13-24)21(15-24)29-22(26)18-4-2-1-3-5-18/h1-9,17,21H,10-15H2/q+1/t17?,21-,24?/m1/s1. The summed E-state index contributed by atoms with van der Waals surface area (Å²) in [6, 6.07) is 14.7. The summed E-state index contributed by atoms with van der Waals surface area (Å²) in [5.41, 5.74) is 0.992. The Bertz CT molecular complexity index is 918. The van der Waals surface area contributed by atoms with E-state index < -0.39 is 4.92 Å². The average molecular weight is 395 g/mol. The molecular formula is C22H23N2O5+. The summed E-state index contributed by atoms with van der Waals surface area (Å²) >= 11 is 0. The number of non-ortho nitro benzene ring substituents is 1. The molecule has 0 amide bonds. The first-order valence-electron chi connectivity index (χ1n) is 9.85. The summed E-state index contributed by atoms with van der Waals surface area (Å²) in [5, 5.41) is 10.8. The van der Waals surface area contributed by atoms with Crippen molar-refractivity contribution in [2.75, 3.05) is 26.2 Å². The quantitative estimate of drug-likeness (QED) is 0.246. The summed E-state index contributed by atoms with van der Waals surface area (Å²) in [5.74, 6) is -0.00489. The van der Waals surface area contributed by atoms with E-state index in [0.29, 0.717) is 34.6 Å². The van der Waals surface area contributed by atoms with Gasteiger partial charge in [-0.25, -0.2) is 4.79 Å². The van der Waals surface area contributed by atoms with Gasteiger partial charge in [0.1, 0.15) is 13.1 Å². The fourth-order valence-electron chi connectivity index (χ4n) is 4.52. The smallest absolute Gasteiger partial charge is 0.338 e. The predicted octanol–water partition coefficient (Wildman–Crippen LogP) is 3.24. The second-order valence-electron chi connectivity index (χ2n) is 8.00. The van der Waals surface area contributed by atoms with Gasteiger partial charge >= 0.3 is 5.97 Å². The van der Waals surface area contributed by atoms with Crippen LogP contribution < -0.4 is 0 Å². The van der Waals surface area contributed by atoms with E-state index in [-0.39, 0.29) is 23.5 Å². The van der Waals surface area contributed by atoms with Crippen molar-refractivity contribution in [2.24, 2.45) is 5.92 Å². The predicted molar refractivity (Wildman–Crippen MR) is 106 cm³/mol. The maximum Gasteiger partial charge on any atom is 0.338 e. The minimum atomic E-state index is -0.475. The van der Waals surface area contributed by atoms with Gasteiger partial charge in [0.05, 0.1) is 23.6 Å². The Morgan fingerprint density at radius 1 is 1.00 bits per heavy atom. The minimum absolute atomic E-state index is 0.0275. The van der Waals surface area contributed by atoms with Gasteiger partial charge in [-0.05, 0) is 24.3 Å². The number of piperidine rings is 3. The van der Waals surface area contributed by atoms with E-state index in [1.807, 2.05) is 18.2 Å². The average Bonchev–Trinajstić information content (AvgIpc) is 2.75. The highest BCUT2D eigenvalue weighted by Crippen LogP contribution is 2.36. The van der Waals surface area contributed by atoms with Gasteiger partial charge in [0, 0.05) is 36.5 Å². The fourth-order valence-corrected chi connectivity index (χ4v) is 4.52. The van der Waals surface area contributed by atoms with Crippen LogP contribution in [0.25, 0.3) is 0 Å². The maximum atomic E-state index is 12.8. The van der Waals surface area contributed by atoms with Gasteiger partial charge in [-0.2, -0.15) is 0 Å². The Balaban J connectivity index is 1.44. The molecule has 150 valence electrons. The highest BCUT2D eigenvalue weighted by atomic mass is 16.6. The SMILES string of the molecule is O=C(C[N+]12CCC(CC1)[C@H](OC(=O)c1ccccc1)C2)c1ccc([N+](=O)[O-])cc1. The molecule has 3 aliphatic heterocycles. The molecular weight excluding hydrogens is 372 g/mol. The zero-order valence-electron chi connectivity index (χ0n) is 16.0. The van der Waals surface area contributed by atoms with Crippen LogP contribution in [-0.4, -0.2) is 53.4 Å². The third-order valence-corrected chi connectivity index (χ3v) is 6.19. The lowest BCUT2D eigenvalue weighted by atomic mass is 9.82. The van der Waals surface area contributed by atoms with Crippen LogP contribution in [0, 0.1) is 16.0 Å². The van der Waals surface area contributed by atoms with Crippen molar-refractivity contribution < 1.29 is 23.7 Å². The summed E-state index contributed by atoms with van der Waals surface area (Å²) in [4.78, 5) is 35.6. The number of fused-ring (bicyclic) bond motifs is 3. The van der Waals surface area contributed by atoms with Crippen LogP contribution in [0.2, 0.25) is 0 Å². The number of nitro groups is 1. The van der Waals surface area contributed by atoms with E-state index in [1.165, 1.54) is 24.3 Å². The second kappa shape index (κ2) is 7.75. The van der Waals surface area contributed by atoms with E-state index in [1.54, 1.807) is 12.1 Å². The summed E-state index contributed by atoms with van der Waals surface area (Å²) in [6.45, 7) is 2.75. The van der Waals surface area contributed by atoms with Crippen molar-refractivity contribution in [1.82, 2.24) is 0 Å². The van der Waals surface area contributed by atoms with E-state index >= 15 is 0 Å². The Labute approximate surface area is 168 Å². The lowest BCUT2D eigenvalue weighted by molar-refractivity contribution is -0.938. The molecule has 0 N–H and O–H groups in total. The molecule has 3 saturated heterocycles. The van der Waals surface area contributed by atoms with Crippen molar-refractivity contribution in [3.8, 4) is 0 Å². The molecule has 2 aromatic rings. The number of carbonyl (C=O) groups excluding carboxylic acids is 2. The molecule has 7 nitrogen and oxygen atoms in total. The molecule has 5 rings (SSSR count). The number of rotatable bonds is 6. The number of ketones is 1. The molecule has 0 radical (unpaired) electrons. The van der Waals surface area contributed by atoms with Crippen LogP contribution in [0.4, 0.5) is 5.69 Å². The van der Waals surface area contributed by atoms with Gasteiger partial charge in [0.25, 0.3) is 5.69 Å². The lowest BCUT2D eigenvalue weighted by Crippen LogP contribution is -2.65. The van der Waals surface area contributed by atoms with Crippen molar-refractivity contribution in [3.63, 3.8) is 0 Å². The molecule has 3 heterocycles. The first-order chi connectivity index (χ1) is 14.0. The topological polar surface area (TPSA) is 86.5 Å². The Morgan fingerprint density at radius 2 is 1.66 bits per heavy atom. The molecule has 3 fully saturated rings. The van der Waals surface area contributed by atoms with Crippen LogP contribution in [0.15, 0.2) is 54.6 Å². The molecule has 0 saturated carbocycles. The molecule has 0 aliphatic carbocycles. The van der Waals surface area contributed by atoms with Crippen LogP contribution in [0.3, 0.4) is 0 Å². The zero-order chi connectivity index (χ0) is 20.4. The summed E-state index contributed by atoms with van der Waals surface area (Å²) in [7, 11) is 0. The van der Waals surface area contributed by atoms with Gasteiger partial charge in [0.2, 0.25) is 5.78 Å². The molecule has 1 atom stereocenters. The molecule has 29 heavy (non-hydrogen) atoms. The Hall–Kier alpha value is -3.06. The van der Waals surface area contributed by atoms with Crippen LogP contribution in [0.5, 0.6) is 0 Å². The van der Waals surface area contributed by atoms with Crippen molar-refractivity contribution in [1.29, 1.82) is 0 Å². The number of esters is 1. The van der Waals surface area contributed by atoms with Crippen LogP contribution in [0.1, 0.15) is 33.6 Å². The second-order valence-corrected chi connectivity index (χ2v) is 8.00. The number of benzene rings is 2. The summed E-state index contributed by atoms with van der Waals surface area (Å²) < 4.78 is 6.44. The lowest BCUT2D eigenvalue weighted by Gasteiger charge is -2.51. The zero-order valence-corrected chi connectivity index (χ0v) is 16.0. The third-order valence-electron chi connectivity index (χ3n) is 6.19. The largest absolute Gasteiger partial charge is 0.452 e. The number of ether oxygens (including phenoxy) is 1. The van der Waals surface area contributed by atoms with Crippen molar-refractivity contribution >= 4 is 17.4 Å². The van der Waals surface area contributed by atoms with E-state index in [9.17, 15) is 19.7 Å². The molecule has 3 aliphatic rings. The van der Waals surface area contributed by atoms with Crippen LogP contribution >= 0.6 is 0 Å². The van der Waals surface area contributed by atoms with Gasteiger partial charge in [-0.1, -0.05) is 18.2 Å². The van der Waals surface area contributed by atoms with Crippen molar-refractivity contribution in [2.45, 2.75) is 18.9 Å². The number of hydrogen-bond donors (Lipinski definition) is 0. The molecule has 0 spiro atoms. The molecule has 7 heteroatoms. The minimum Gasteiger partial charge on any atom is -0.452 e. The number of nitro benzene ring substituents is 1. The first kappa shape index (κ1) is 19.3. The highest BCUT2D eigenvalue weighted by Gasteiger charge is 2.48. The van der Waals surface area contributed by atoms with E-state index in [0.717, 1.165) is 25.9 Å². The third kappa shape index (κ3) is 4.05. The van der Waals surface area contributed by atoms with Gasteiger partial charge in [-0.3, -0.25) is 14.9 Å². The molecule has 2 aromatic carbocycles. The number of nitrogens with zero attached hydrogens (tertiary/aromatic N) is 2. The van der Waals surface area contributed by atoms with Gasteiger partial charge < -0.3 is 9.22 Å². The normalized spacial score (nSPS) is 25.4. The van der Waals surface area contributed by atoms with E-state index in [2.05, 4.69) is 0 Å². The number of quaternary nitrogens is 1. The number of Topliss-reactive ketones (excluding diaryl/α,β-unsaturated/α-hetero) is 1. The van der Waals surface area contributed by atoms with Crippen molar-refractivity contribution in [3.05, 3.63) is 75.8 Å². The molecule has 0 aromatic heterocycles. The summed E-state index contributed by atoms with van der Waals surface area (Å²) in [6.07, 6.45) is 1.68. The van der Waals surface area contributed by atoms with E-state index in [4.69, 9.17) is 4.74 Å². The number of hydrogen-bond acceptors (Lipinski definition) is 5. The maximum absolute atomic E-state index is 12.8. The fraction of sp³-hybridized carbons (Fsp3) is 0.364. The van der Waals surface area contributed by atoms with Gasteiger partial charge in [0.15, 0.2) is 6.10 Å². The first-order valence-corrected chi connectivity index (χ1v) is 9.85. The number of carbonyl (C=O) groups is 2. The van der Waals surface area contributed by atoms with Gasteiger partial charge in [-0.15, -0.1) is 0 Å². The monoisotopic (exact) mass is 395 g/mol. The molecule has 0 unspecified atom stereocenters. The Morgan fingerprint density at radius 3 is 2.28 bits per heavy atom. The Kier molecular flexibility index (Phi) is 5.15.